The summed E-state index contributed by atoms with van der Waals surface area (Å²) in [5.74, 6) is -1.21. The van der Waals surface area contributed by atoms with Gasteiger partial charge in [0.25, 0.3) is 0 Å². The molecule has 0 unspecified atom stereocenters. The molecule has 0 aromatic heterocycles. The fraction of sp³-hybridized carbons (Fsp3) is 0.158. The highest BCUT2D eigenvalue weighted by Gasteiger charge is 2.34. The Labute approximate surface area is 143 Å². The van der Waals surface area contributed by atoms with Crippen molar-refractivity contribution in [3.8, 4) is 5.75 Å². The molecular formula is C19H15NO5. The van der Waals surface area contributed by atoms with E-state index < -0.39 is 5.91 Å². The number of methoxy groups -OCH3 is 1. The number of carbonyl (C=O) groups is 4. The first kappa shape index (κ1) is 16.6. The van der Waals surface area contributed by atoms with Crippen LogP contribution in [-0.2, 0) is 9.59 Å². The summed E-state index contributed by atoms with van der Waals surface area (Å²) in [5, 5.41) is 2.55. The topological polar surface area (TPSA) is 89.5 Å². The minimum Gasteiger partial charge on any atom is -0.496 e. The first-order chi connectivity index (χ1) is 11.9. The molecule has 1 aliphatic carbocycles. The zero-order valence-corrected chi connectivity index (χ0v) is 13.7. The zero-order chi connectivity index (χ0) is 18.1. The molecule has 0 spiro atoms. The lowest BCUT2D eigenvalue weighted by Crippen LogP contribution is -2.24. The smallest absolute Gasteiger partial charge is 0.231 e. The van der Waals surface area contributed by atoms with Gasteiger partial charge in [0.15, 0.2) is 11.6 Å². The van der Waals surface area contributed by atoms with Crippen LogP contribution in [0, 0.1) is 0 Å². The first-order valence-corrected chi connectivity index (χ1v) is 7.62. The maximum absolute atomic E-state index is 12.9. The van der Waals surface area contributed by atoms with E-state index in [1.54, 1.807) is 24.3 Å². The van der Waals surface area contributed by atoms with Crippen molar-refractivity contribution in [2.24, 2.45) is 0 Å². The summed E-state index contributed by atoms with van der Waals surface area (Å²) in [7, 11) is 1.43. The van der Waals surface area contributed by atoms with Gasteiger partial charge in [-0.05, 0) is 19.1 Å². The molecule has 1 amide bonds. The number of carbonyl (C=O) groups excluding carboxylic acids is 4. The third-order valence-electron chi connectivity index (χ3n) is 3.94. The molecule has 6 heteroatoms. The maximum Gasteiger partial charge on any atom is 0.231 e. The molecule has 0 fully saturated rings. The molecule has 0 bridgehead atoms. The zero-order valence-electron chi connectivity index (χ0n) is 13.7. The second-order valence-electron chi connectivity index (χ2n) is 5.70. The van der Waals surface area contributed by atoms with Gasteiger partial charge in [0, 0.05) is 11.1 Å². The number of anilines is 1. The fourth-order valence-corrected chi connectivity index (χ4v) is 2.90. The molecule has 0 saturated heterocycles. The van der Waals surface area contributed by atoms with E-state index in [1.165, 1.54) is 26.2 Å². The van der Waals surface area contributed by atoms with E-state index in [9.17, 15) is 19.2 Å². The Balaban J connectivity index is 2.11. The molecule has 2 aromatic carbocycles. The van der Waals surface area contributed by atoms with Crippen LogP contribution >= 0.6 is 0 Å². The highest BCUT2D eigenvalue weighted by molar-refractivity contribution is 6.31. The monoisotopic (exact) mass is 337 g/mol. The molecule has 0 radical (unpaired) electrons. The van der Waals surface area contributed by atoms with Crippen molar-refractivity contribution in [2.75, 3.05) is 12.4 Å². The van der Waals surface area contributed by atoms with E-state index in [4.69, 9.17) is 4.74 Å². The van der Waals surface area contributed by atoms with E-state index in [0.29, 0.717) is 5.75 Å². The van der Waals surface area contributed by atoms with Gasteiger partial charge in [-0.3, -0.25) is 19.2 Å². The number of amides is 1. The summed E-state index contributed by atoms with van der Waals surface area (Å²) < 4.78 is 5.20. The summed E-state index contributed by atoms with van der Waals surface area (Å²) in [5.41, 5.74) is 0.989. The van der Waals surface area contributed by atoms with Gasteiger partial charge in [0.05, 0.1) is 30.3 Å². The van der Waals surface area contributed by atoms with Gasteiger partial charge in [-0.15, -0.1) is 0 Å². The van der Waals surface area contributed by atoms with Gasteiger partial charge in [0.2, 0.25) is 5.91 Å². The molecule has 6 nitrogen and oxygen atoms in total. The van der Waals surface area contributed by atoms with E-state index in [-0.39, 0.29) is 51.7 Å². The Morgan fingerprint density at radius 2 is 1.56 bits per heavy atom. The quantitative estimate of drug-likeness (QED) is 0.738. The Morgan fingerprint density at radius 1 is 0.960 bits per heavy atom. The normalized spacial score (nSPS) is 12.2. The van der Waals surface area contributed by atoms with Crippen molar-refractivity contribution >= 4 is 28.9 Å². The number of benzene rings is 2. The number of rotatable bonds is 4. The van der Waals surface area contributed by atoms with Gasteiger partial charge < -0.3 is 10.1 Å². The molecular weight excluding hydrogens is 322 g/mol. The lowest BCUT2D eigenvalue weighted by molar-refractivity contribution is -0.124. The van der Waals surface area contributed by atoms with E-state index in [2.05, 4.69) is 5.32 Å². The lowest BCUT2D eigenvalue weighted by atomic mass is 9.82. The van der Waals surface area contributed by atoms with Crippen molar-refractivity contribution in [2.45, 2.75) is 13.3 Å². The van der Waals surface area contributed by atoms with Gasteiger partial charge in [-0.2, -0.15) is 0 Å². The summed E-state index contributed by atoms with van der Waals surface area (Å²) in [4.78, 5) is 48.8. The number of hydrogen-bond donors (Lipinski definition) is 1. The van der Waals surface area contributed by atoms with Gasteiger partial charge in [-0.25, -0.2) is 0 Å². The number of ketones is 3. The van der Waals surface area contributed by atoms with Crippen LogP contribution in [0.25, 0.3) is 0 Å². The number of fused-ring (bicyclic) bond motifs is 2. The van der Waals surface area contributed by atoms with Crippen molar-refractivity contribution < 1.29 is 23.9 Å². The average Bonchev–Trinajstić information content (AvgIpc) is 2.58. The molecule has 3 rings (SSSR count). The largest absolute Gasteiger partial charge is 0.496 e. The van der Waals surface area contributed by atoms with Gasteiger partial charge >= 0.3 is 0 Å². The number of nitrogens with one attached hydrogen (secondary N) is 1. The summed E-state index contributed by atoms with van der Waals surface area (Å²) >= 11 is 0. The molecule has 0 aliphatic heterocycles. The number of Topliss-reactive ketones (excluding diaryl/α,β-unsaturated/α-hetero) is 1. The molecule has 0 atom stereocenters. The molecule has 0 heterocycles. The molecule has 0 saturated carbocycles. The second kappa shape index (κ2) is 6.32. The van der Waals surface area contributed by atoms with Crippen LogP contribution in [0.5, 0.6) is 5.75 Å². The van der Waals surface area contributed by atoms with Crippen LogP contribution < -0.4 is 10.1 Å². The van der Waals surface area contributed by atoms with Crippen LogP contribution in [0.3, 0.4) is 0 Å². The van der Waals surface area contributed by atoms with Gasteiger partial charge in [-0.1, -0.05) is 24.3 Å². The number of ether oxygens (including phenoxy) is 1. The highest BCUT2D eigenvalue weighted by atomic mass is 16.5. The summed E-state index contributed by atoms with van der Waals surface area (Å²) in [6, 6.07) is 9.44. The van der Waals surface area contributed by atoms with Crippen molar-refractivity contribution in [3.05, 3.63) is 58.7 Å². The van der Waals surface area contributed by atoms with E-state index in [0.717, 1.165) is 0 Å². The van der Waals surface area contributed by atoms with Crippen LogP contribution in [0.1, 0.15) is 45.2 Å². The maximum atomic E-state index is 12.9. The first-order valence-electron chi connectivity index (χ1n) is 7.62. The SMILES string of the molecule is COc1cccc2c1C(=O)c1cccc(NC(=O)CC(C)=O)c1C2=O. The van der Waals surface area contributed by atoms with Crippen LogP contribution in [0.15, 0.2) is 36.4 Å². The lowest BCUT2D eigenvalue weighted by Gasteiger charge is -2.21. The summed E-state index contributed by atoms with van der Waals surface area (Å²) in [6.45, 7) is 1.30. The molecule has 25 heavy (non-hydrogen) atoms. The highest BCUT2D eigenvalue weighted by Crippen LogP contribution is 2.36. The second-order valence-corrected chi connectivity index (χ2v) is 5.70. The van der Waals surface area contributed by atoms with E-state index in [1.807, 2.05) is 0 Å². The molecule has 2 aromatic rings. The minimum absolute atomic E-state index is 0.130. The van der Waals surface area contributed by atoms with Gasteiger partial charge in [0.1, 0.15) is 11.5 Å². The Bertz CT molecular complexity index is 929. The molecule has 126 valence electrons. The Kier molecular flexibility index (Phi) is 4.19. The Morgan fingerprint density at radius 3 is 2.20 bits per heavy atom. The van der Waals surface area contributed by atoms with Crippen molar-refractivity contribution in [3.63, 3.8) is 0 Å². The standard InChI is InChI=1S/C19H15NO5/c1-10(21)9-15(22)20-13-7-3-5-11-16(13)18(23)12-6-4-8-14(25-2)17(12)19(11)24/h3-8H,9H2,1-2H3,(H,20,22). The van der Waals surface area contributed by atoms with Crippen LogP contribution in [0.4, 0.5) is 5.69 Å². The fourth-order valence-electron chi connectivity index (χ4n) is 2.90. The molecule has 1 aliphatic rings. The van der Waals surface area contributed by atoms with Crippen LogP contribution in [-0.4, -0.2) is 30.4 Å². The van der Waals surface area contributed by atoms with E-state index >= 15 is 0 Å². The predicted molar refractivity (Wildman–Crippen MR) is 90.2 cm³/mol. The average molecular weight is 337 g/mol. The third-order valence-corrected chi connectivity index (χ3v) is 3.94. The Hall–Kier alpha value is -3.28. The third kappa shape index (κ3) is 2.82. The van der Waals surface area contributed by atoms with Crippen molar-refractivity contribution in [1.29, 1.82) is 0 Å². The summed E-state index contributed by atoms with van der Waals surface area (Å²) in [6.07, 6.45) is -0.295. The minimum atomic E-state index is -0.530. The predicted octanol–water partition coefficient (Wildman–Crippen LogP) is 2.39. The number of hydrogen-bond acceptors (Lipinski definition) is 5. The molecule has 1 N–H and O–H groups in total. The van der Waals surface area contributed by atoms with Crippen LogP contribution in [0.2, 0.25) is 0 Å². The van der Waals surface area contributed by atoms with Crippen molar-refractivity contribution in [1.82, 2.24) is 0 Å².